The molecule has 4 rings (SSSR count). The van der Waals surface area contributed by atoms with E-state index in [1.165, 1.54) is 6.92 Å². The van der Waals surface area contributed by atoms with Gasteiger partial charge in [-0.05, 0) is 19.8 Å². The van der Waals surface area contributed by atoms with Gasteiger partial charge in [-0.15, -0.1) is 0 Å². The van der Waals surface area contributed by atoms with Gasteiger partial charge in [0, 0.05) is 58.2 Å². The monoisotopic (exact) mass is 360 g/mol. The van der Waals surface area contributed by atoms with Crippen molar-refractivity contribution in [1.29, 1.82) is 0 Å². The van der Waals surface area contributed by atoms with Gasteiger partial charge in [-0.3, -0.25) is 14.4 Å². The topological polar surface area (TPSA) is 87.0 Å². The van der Waals surface area contributed by atoms with Crippen LogP contribution in [0.1, 0.15) is 36.0 Å². The number of carbonyl (C=O) groups is 3. The van der Waals surface area contributed by atoms with E-state index in [0.29, 0.717) is 31.9 Å². The number of fused-ring (bicyclic) bond motifs is 1. The lowest BCUT2D eigenvalue weighted by atomic mass is 9.79. The normalized spacial score (nSPS) is 27.9. The van der Waals surface area contributed by atoms with Crippen molar-refractivity contribution in [2.75, 3.05) is 39.3 Å². The fourth-order valence-electron chi connectivity index (χ4n) is 4.63. The Hall–Kier alpha value is -2.38. The van der Waals surface area contributed by atoms with Crippen LogP contribution in [-0.2, 0) is 9.59 Å². The summed E-state index contributed by atoms with van der Waals surface area (Å²) in [6.45, 7) is 6.53. The second-order valence-electron chi connectivity index (χ2n) is 7.76. The summed E-state index contributed by atoms with van der Waals surface area (Å²) in [5.41, 5.74) is -0.417. The van der Waals surface area contributed by atoms with Gasteiger partial charge in [-0.2, -0.15) is 0 Å². The fourth-order valence-corrected chi connectivity index (χ4v) is 4.63. The maximum Gasteiger partial charge on any atom is 0.276 e. The van der Waals surface area contributed by atoms with Crippen LogP contribution < -0.4 is 0 Å². The zero-order chi connectivity index (χ0) is 18.5. The van der Waals surface area contributed by atoms with Crippen molar-refractivity contribution in [3.8, 4) is 0 Å². The summed E-state index contributed by atoms with van der Waals surface area (Å²) in [5, 5.41) is 3.82. The first-order valence-electron chi connectivity index (χ1n) is 9.18. The first-order chi connectivity index (χ1) is 12.4. The molecule has 3 saturated heterocycles. The van der Waals surface area contributed by atoms with Crippen molar-refractivity contribution < 1.29 is 18.9 Å². The summed E-state index contributed by atoms with van der Waals surface area (Å²) in [6.07, 6.45) is 2.04. The summed E-state index contributed by atoms with van der Waals surface area (Å²) < 4.78 is 5.02. The molecule has 8 heteroatoms. The van der Waals surface area contributed by atoms with E-state index in [0.717, 1.165) is 25.9 Å². The predicted octanol–water partition coefficient (Wildman–Crippen LogP) is 0.526. The average molecular weight is 360 g/mol. The van der Waals surface area contributed by atoms with Crippen LogP contribution in [0.5, 0.6) is 0 Å². The number of amides is 3. The molecule has 0 radical (unpaired) electrons. The van der Waals surface area contributed by atoms with E-state index < -0.39 is 5.41 Å². The predicted molar refractivity (Wildman–Crippen MR) is 91.1 cm³/mol. The number of rotatable bonds is 2. The molecule has 140 valence electrons. The van der Waals surface area contributed by atoms with Crippen LogP contribution in [0.2, 0.25) is 0 Å². The molecule has 0 spiro atoms. The molecule has 8 nitrogen and oxygen atoms in total. The van der Waals surface area contributed by atoms with E-state index >= 15 is 0 Å². The highest BCUT2D eigenvalue weighted by molar-refractivity contribution is 5.94. The lowest BCUT2D eigenvalue weighted by Crippen LogP contribution is -2.49. The zero-order valence-corrected chi connectivity index (χ0v) is 15.2. The lowest BCUT2D eigenvalue weighted by molar-refractivity contribution is -0.141. The van der Waals surface area contributed by atoms with Crippen LogP contribution in [0.25, 0.3) is 0 Å². The molecule has 4 heterocycles. The minimum absolute atomic E-state index is 0.0157. The van der Waals surface area contributed by atoms with Gasteiger partial charge in [0.25, 0.3) is 5.91 Å². The molecule has 2 atom stereocenters. The summed E-state index contributed by atoms with van der Waals surface area (Å²) in [5.74, 6) is 0.419. The number of carbonyl (C=O) groups excluding carboxylic acids is 3. The maximum absolute atomic E-state index is 13.3. The van der Waals surface area contributed by atoms with E-state index in [4.69, 9.17) is 4.52 Å². The molecule has 3 aliphatic rings. The number of hydrogen-bond acceptors (Lipinski definition) is 5. The maximum atomic E-state index is 13.3. The minimum atomic E-state index is -0.690. The smallest absolute Gasteiger partial charge is 0.276 e. The molecule has 1 aromatic rings. The van der Waals surface area contributed by atoms with Crippen molar-refractivity contribution in [3.05, 3.63) is 17.5 Å². The van der Waals surface area contributed by atoms with Crippen molar-refractivity contribution >= 4 is 17.7 Å². The average Bonchev–Trinajstić information content (AvgIpc) is 3.36. The molecule has 3 fully saturated rings. The molecule has 3 aliphatic heterocycles. The van der Waals surface area contributed by atoms with Crippen LogP contribution in [0.3, 0.4) is 0 Å². The standard InChI is InChI=1S/C18H24N4O4/c1-12-7-15(19-26-12)16(24)22-9-14-8-21(13(2)23)10-18(14,11-22)17(25)20-5-3-4-6-20/h7,14H,3-6,8-11H2,1-2H3/t14-,18-/m0/s1. The third kappa shape index (κ3) is 2.59. The van der Waals surface area contributed by atoms with Gasteiger partial charge < -0.3 is 19.2 Å². The highest BCUT2D eigenvalue weighted by Gasteiger charge is 2.60. The SMILES string of the molecule is CC(=O)N1C[C@H]2CN(C(=O)c3cc(C)on3)C[C@@]2(C(=O)N2CCCC2)C1. The van der Waals surface area contributed by atoms with Gasteiger partial charge in [0.2, 0.25) is 11.8 Å². The molecule has 0 N–H and O–H groups in total. The first kappa shape index (κ1) is 17.1. The van der Waals surface area contributed by atoms with Crippen LogP contribution in [0.15, 0.2) is 10.6 Å². The highest BCUT2D eigenvalue weighted by Crippen LogP contribution is 2.44. The Bertz CT molecular complexity index is 754. The Morgan fingerprint density at radius 3 is 2.38 bits per heavy atom. The lowest BCUT2D eigenvalue weighted by Gasteiger charge is -2.32. The Morgan fingerprint density at radius 1 is 1.12 bits per heavy atom. The number of nitrogens with zero attached hydrogens (tertiary/aromatic N) is 4. The van der Waals surface area contributed by atoms with Gasteiger partial charge in [0.05, 0.1) is 5.41 Å². The number of hydrogen-bond donors (Lipinski definition) is 0. The van der Waals surface area contributed by atoms with Crippen LogP contribution in [0.4, 0.5) is 0 Å². The highest BCUT2D eigenvalue weighted by atomic mass is 16.5. The van der Waals surface area contributed by atoms with Gasteiger partial charge in [-0.1, -0.05) is 5.16 Å². The molecule has 0 unspecified atom stereocenters. The molecule has 3 amide bonds. The van der Waals surface area contributed by atoms with E-state index in [1.54, 1.807) is 22.8 Å². The molecule has 0 saturated carbocycles. The quantitative estimate of drug-likeness (QED) is 0.768. The summed E-state index contributed by atoms with van der Waals surface area (Å²) >= 11 is 0. The Balaban J connectivity index is 1.60. The van der Waals surface area contributed by atoms with E-state index in [9.17, 15) is 14.4 Å². The van der Waals surface area contributed by atoms with E-state index in [2.05, 4.69) is 5.16 Å². The van der Waals surface area contributed by atoms with Crippen molar-refractivity contribution in [2.24, 2.45) is 11.3 Å². The van der Waals surface area contributed by atoms with Gasteiger partial charge in [0.1, 0.15) is 5.76 Å². The van der Waals surface area contributed by atoms with Gasteiger partial charge >= 0.3 is 0 Å². The summed E-state index contributed by atoms with van der Waals surface area (Å²) in [6, 6.07) is 1.62. The molecular formula is C18H24N4O4. The Morgan fingerprint density at radius 2 is 1.77 bits per heavy atom. The molecule has 0 aromatic carbocycles. The molecule has 0 bridgehead atoms. The second-order valence-corrected chi connectivity index (χ2v) is 7.76. The number of aryl methyl sites for hydroxylation is 1. The minimum Gasteiger partial charge on any atom is -0.361 e. The number of likely N-dealkylation sites (tertiary alicyclic amines) is 3. The first-order valence-corrected chi connectivity index (χ1v) is 9.18. The number of aromatic nitrogens is 1. The van der Waals surface area contributed by atoms with Crippen LogP contribution in [0, 0.1) is 18.3 Å². The van der Waals surface area contributed by atoms with Gasteiger partial charge in [-0.25, -0.2) is 0 Å². The molecule has 1 aromatic heterocycles. The molecule has 26 heavy (non-hydrogen) atoms. The van der Waals surface area contributed by atoms with Crippen molar-refractivity contribution in [1.82, 2.24) is 19.9 Å². The van der Waals surface area contributed by atoms with Crippen LogP contribution >= 0.6 is 0 Å². The third-order valence-corrected chi connectivity index (χ3v) is 6.01. The summed E-state index contributed by atoms with van der Waals surface area (Å²) in [7, 11) is 0. The van der Waals surface area contributed by atoms with E-state index in [-0.39, 0.29) is 29.3 Å². The fraction of sp³-hybridized carbons (Fsp3) is 0.667. The molecule has 0 aliphatic carbocycles. The van der Waals surface area contributed by atoms with Crippen LogP contribution in [-0.4, -0.2) is 76.8 Å². The van der Waals surface area contributed by atoms with Crippen molar-refractivity contribution in [2.45, 2.75) is 26.7 Å². The second kappa shape index (κ2) is 6.10. The van der Waals surface area contributed by atoms with Crippen molar-refractivity contribution in [3.63, 3.8) is 0 Å². The largest absolute Gasteiger partial charge is 0.361 e. The van der Waals surface area contributed by atoms with Gasteiger partial charge in [0.15, 0.2) is 5.69 Å². The Kier molecular flexibility index (Phi) is 4.00. The van der Waals surface area contributed by atoms with E-state index in [1.807, 2.05) is 4.90 Å². The third-order valence-electron chi connectivity index (χ3n) is 6.01. The molecular weight excluding hydrogens is 336 g/mol. The summed E-state index contributed by atoms with van der Waals surface area (Å²) in [4.78, 5) is 43.4. The zero-order valence-electron chi connectivity index (χ0n) is 15.2. The Labute approximate surface area is 152 Å².